The summed E-state index contributed by atoms with van der Waals surface area (Å²) in [6.45, 7) is 0. The Labute approximate surface area is 57.3 Å². The summed E-state index contributed by atoms with van der Waals surface area (Å²) in [6.07, 6.45) is 0. The number of rotatable bonds is 1. The van der Waals surface area contributed by atoms with Gasteiger partial charge in [-0.25, -0.2) is 5.26 Å². The van der Waals surface area contributed by atoms with Crippen molar-refractivity contribution in [1.29, 1.82) is 0 Å². The molecule has 0 aliphatic rings. The molecule has 1 N–H and O–H groups in total. The molecule has 0 bridgehead atoms. The molecule has 6 heavy (non-hydrogen) atoms. The average molecular weight is 119 g/mol. The van der Waals surface area contributed by atoms with E-state index in [9.17, 15) is 0 Å². The zero-order chi connectivity index (χ0) is 4.28. The van der Waals surface area contributed by atoms with Gasteiger partial charge < -0.3 is 4.89 Å². The summed E-state index contributed by atoms with van der Waals surface area (Å²) in [5.74, 6) is 0. The number of hydrogen-bond acceptors (Lipinski definition) is 4. The fraction of sp³-hybridized carbons (Fsp3) is 0. The SMILES string of the molecule is O=[P+]([O-])OO.[Na]. The van der Waals surface area contributed by atoms with Crippen LogP contribution in [0.15, 0.2) is 0 Å². The maximum atomic E-state index is 8.93. The molecule has 1 unspecified atom stereocenters. The normalized spacial score (nSPS) is 9.33. The van der Waals surface area contributed by atoms with Gasteiger partial charge in [-0.05, 0) is 4.57 Å². The van der Waals surface area contributed by atoms with Crippen LogP contribution in [0.5, 0.6) is 0 Å². The van der Waals surface area contributed by atoms with Crippen molar-refractivity contribution in [3.05, 3.63) is 0 Å². The standard InChI is InChI=1S/Na.HO4P/c;1-4-5(2)3/h;1H. The second kappa shape index (κ2) is 5.98. The van der Waals surface area contributed by atoms with Crippen molar-refractivity contribution in [3.8, 4) is 0 Å². The van der Waals surface area contributed by atoms with Crippen LogP contribution >= 0.6 is 8.25 Å². The summed E-state index contributed by atoms with van der Waals surface area (Å²) in [5.41, 5.74) is 0. The molecule has 0 aromatic rings. The van der Waals surface area contributed by atoms with Crippen LogP contribution in [-0.4, -0.2) is 34.8 Å². The Balaban J connectivity index is 0. The topological polar surface area (TPSA) is 69.6 Å². The summed E-state index contributed by atoms with van der Waals surface area (Å²) in [7, 11) is -3.04. The molecule has 0 aliphatic heterocycles. The Bertz CT molecular complexity index is 42.8. The molecule has 0 rings (SSSR count). The molecular weight excluding hydrogens is 118 g/mol. The van der Waals surface area contributed by atoms with E-state index in [1.807, 2.05) is 0 Å². The first-order valence-corrected chi connectivity index (χ1v) is 1.83. The zero-order valence-corrected chi connectivity index (χ0v) is 6.01. The van der Waals surface area contributed by atoms with Crippen LogP contribution in [0.1, 0.15) is 0 Å². The van der Waals surface area contributed by atoms with Gasteiger partial charge in [0.2, 0.25) is 0 Å². The molecular formula is HNaO4P. The van der Waals surface area contributed by atoms with E-state index >= 15 is 0 Å². The second-order valence-corrected chi connectivity index (χ2v) is 0.916. The Kier molecular flexibility index (Phi) is 10.0. The van der Waals surface area contributed by atoms with Crippen molar-refractivity contribution in [2.75, 3.05) is 0 Å². The summed E-state index contributed by atoms with van der Waals surface area (Å²) in [5, 5.41) is 7.05. The van der Waals surface area contributed by atoms with Gasteiger partial charge in [0, 0.05) is 34.2 Å². The Morgan fingerprint density at radius 1 is 1.83 bits per heavy atom. The van der Waals surface area contributed by atoms with Crippen molar-refractivity contribution >= 4 is 37.8 Å². The summed E-state index contributed by atoms with van der Waals surface area (Å²) >= 11 is 0. The van der Waals surface area contributed by atoms with E-state index in [4.69, 9.17) is 14.7 Å². The van der Waals surface area contributed by atoms with E-state index in [2.05, 4.69) is 4.67 Å². The van der Waals surface area contributed by atoms with Crippen molar-refractivity contribution in [2.45, 2.75) is 0 Å². The number of hydrogen-bond donors (Lipinski definition) is 1. The van der Waals surface area contributed by atoms with E-state index in [1.54, 1.807) is 0 Å². The molecule has 0 saturated heterocycles. The minimum atomic E-state index is -3.04. The van der Waals surface area contributed by atoms with Gasteiger partial charge in [-0.2, -0.15) is 0 Å². The van der Waals surface area contributed by atoms with Crippen LogP contribution < -0.4 is 4.89 Å². The fourth-order valence-electron chi connectivity index (χ4n) is 0. The molecule has 0 fully saturated rings. The van der Waals surface area contributed by atoms with Gasteiger partial charge in [0.15, 0.2) is 0 Å². The minimum absolute atomic E-state index is 0. The van der Waals surface area contributed by atoms with Gasteiger partial charge in [0.1, 0.15) is 0 Å². The molecule has 0 amide bonds. The van der Waals surface area contributed by atoms with Gasteiger partial charge in [0.05, 0.1) is 0 Å². The van der Waals surface area contributed by atoms with Gasteiger partial charge in [-0.1, -0.05) is 0 Å². The van der Waals surface area contributed by atoms with Crippen molar-refractivity contribution < 1.29 is 19.4 Å². The van der Waals surface area contributed by atoms with Crippen molar-refractivity contribution in [3.63, 3.8) is 0 Å². The quantitative estimate of drug-likeness (QED) is 0.210. The molecule has 0 aromatic heterocycles. The Morgan fingerprint density at radius 3 is 2.00 bits per heavy atom. The third-order valence-electron chi connectivity index (χ3n) is 0.0667. The maximum Gasteiger partial charge on any atom is 0.521 e. The molecule has 0 heterocycles. The second-order valence-electron chi connectivity index (χ2n) is 0.305. The van der Waals surface area contributed by atoms with Gasteiger partial charge in [0.25, 0.3) is 0 Å². The molecule has 0 saturated carbocycles. The van der Waals surface area contributed by atoms with Crippen molar-refractivity contribution in [1.82, 2.24) is 0 Å². The maximum absolute atomic E-state index is 8.93. The van der Waals surface area contributed by atoms with Crippen LogP contribution in [0.3, 0.4) is 0 Å². The van der Waals surface area contributed by atoms with E-state index in [-0.39, 0.29) is 29.6 Å². The van der Waals surface area contributed by atoms with E-state index < -0.39 is 8.25 Å². The third-order valence-corrected chi connectivity index (χ3v) is 0.200. The molecule has 31 valence electrons. The molecule has 0 spiro atoms. The first-order chi connectivity index (χ1) is 2.27. The van der Waals surface area contributed by atoms with Gasteiger partial charge in [-0.15, -0.1) is 0 Å². The largest absolute Gasteiger partial charge is 0.565 e. The molecule has 1 radical (unpaired) electrons. The predicted octanol–water partition coefficient (Wildman–Crippen LogP) is -0.887. The van der Waals surface area contributed by atoms with Crippen LogP contribution in [-0.2, 0) is 9.24 Å². The fourth-order valence-corrected chi connectivity index (χ4v) is 0. The third kappa shape index (κ3) is 8.88. The molecule has 4 nitrogen and oxygen atoms in total. The first-order valence-electron chi connectivity index (χ1n) is 0.730. The van der Waals surface area contributed by atoms with Gasteiger partial charge >= 0.3 is 8.25 Å². The summed E-state index contributed by atoms with van der Waals surface area (Å²) in [6, 6.07) is 0. The molecule has 1 atom stereocenters. The van der Waals surface area contributed by atoms with Crippen molar-refractivity contribution in [2.24, 2.45) is 0 Å². The van der Waals surface area contributed by atoms with Crippen LogP contribution in [0.4, 0.5) is 0 Å². The Hall–Kier alpha value is 0.980. The molecule has 0 aromatic carbocycles. The van der Waals surface area contributed by atoms with Crippen LogP contribution in [0.2, 0.25) is 0 Å². The van der Waals surface area contributed by atoms with Crippen LogP contribution in [0, 0.1) is 0 Å². The molecule has 6 heteroatoms. The predicted molar refractivity (Wildman–Crippen MR) is 17.1 cm³/mol. The van der Waals surface area contributed by atoms with Crippen LogP contribution in [0.25, 0.3) is 0 Å². The van der Waals surface area contributed by atoms with E-state index in [0.29, 0.717) is 0 Å². The van der Waals surface area contributed by atoms with E-state index in [0.717, 1.165) is 0 Å². The van der Waals surface area contributed by atoms with Gasteiger partial charge in [-0.3, -0.25) is 0 Å². The summed E-state index contributed by atoms with van der Waals surface area (Å²) in [4.78, 5) is 8.93. The monoisotopic (exact) mass is 119 g/mol. The smallest absolute Gasteiger partial charge is 0.521 e. The first kappa shape index (κ1) is 10.1. The summed E-state index contributed by atoms with van der Waals surface area (Å²) < 4.78 is 11.6. The minimum Gasteiger partial charge on any atom is -0.565 e. The average Bonchev–Trinajstić information content (AvgIpc) is 1.38. The van der Waals surface area contributed by atoms with E-state index in [1.165, 1.54) is 0 Å². The molecule has 0 aliphatic carbocycles. The zero-order valence-electron chi connectivity index (χ0n) is 3.12. The Morgan fingerprint density at radius 2 is 2.00 bits per heavy atom.